The van der Waals surface area contributed by atoms with Crippen molar-refractivity contribution in [1.29, 1.82) is 0 Å². The van der Waals surface area contributed by atoms with Gasteiger partial charge in [0.05, 0.1) is 6.61 Å². The molecular formula is C13H19BrN2O2S. The molecule has 0 saturated carbocycles. The second kappa shape index (κ2) is 6.83. The number of carbonyl (C=O) groups is 1. The summed E-state index contributed by atoms with van der Waals surface area (Å²) in [4.78, 5) is 12.9. The van der Waals surface area contributed by atoms with E-state index in [2.05, 4.69) is 26.6 Å². The Kier molecular flexibility index (Phi) is 5.38. The zero-order chi connectivity index (χ0) is 13.7. The number of rotatable bonds is 5. The van der Waals surface area contributed by atoms with E-state index in [0.29, 0.717) is 13.2 Å². The summed E-state index contributed by atoms with van der Waals surface area (Å²) >= 11 is 4.85. The highest BCUT2D eigenvalue weighted by Gasteiger charge is 2.32. The predicted molar refractivity (Wildman–Crippen MR) is 80.8 cm³/mol. The minimum absolute atomic E-state index is 0.00381. The van der Waals surface area contributed by atoms with Gasteiger partial charge in [0.1, 0.15) is 4.88 Å². The van der Waals surface area contributed by atoms with Crippen molar-refractivity contribution in [3.05, 3.63) is 20.8 Å². The van der Waals surface area contributed by atoms with Crippen molar-refractivity contribution in [3.63, 3.8) is 0 Å². The van der Waals surface area contributed by atoms with Crippen LogP contribution in [0.4, 0.5) is 0 Å². The van der Waals surface area contributed by atoms with Crippen molar-refractivity contribution in [2.75, 3.05) is 33.4 Å². The lowest BCUT2D eigenvalue weighted by Crippen LogP contribution is -2.47. The lowest BCUT2D eigenvalue weighted by Gasteiger charge is -2.37. The summed E-state index contributed by atoms with van der Waals surface area (Å²) < 4.78 is 6.21. The molecule has 0 radical (unpaired) electrons. The lowest BCUT2D eigenvalue weighted by atomic mass is 9.79. The fraction of sp³-hybridized carbons (Fsp3) is 0.615. The van der Waals surface area contributed by atoms with Crippen LogP contribution in [0.25, 0.3) is 0 Å². The summed E-state index contributed by atoms with van der Waals surface area (Å²) in [5.41, 5.74) is 0.0688. The van der Waals surface area contributed by atoms with Gasteiger partial charge in [-0.1, -0.05) is 0 Å². The average molecular weight is 347 g/mol. The minimum Gasteiger partial charge on any atom is -0.384 e. The molecule has 19 heavy (non-hydrogen) atoms. The third-order valence-corrected chi connectivity index (χ3v) is 5.40. The smallest absolute Gasteiger partial charge is 0.262 e. The SMILES string of the molecule is COCC1(CNC(=O)c2sccc2Br)CCNCC1. The van der Waals surface area contributed by atoms with Crippen LogP contribution in [0.5, 0.6) is 0 Å². The molecule has 0 aliphatic carbocycles. The Bertz CT molecular complexity index is 425. The Morgan fingerprint density at radius 1 is 1.58 bits per heavy atom. The van der Waals surface area contributed by atoms with Gasteiger partial charge in [-0.25, -0.2) is 0 Å². The van der Waals surface area contributed by atoms with Crippen LogP contribution < -0.4 is 10.6 Å². The van der Waals surface area contributed by atoms with Crippen LogP contribution in [0.1, 0.15) is 22.5 Å². The first-order chi connectivity index (χ1) is 9.17. The van der Waals surface area contributed by atoms with Gasteiger partial charge in [-0.15, -0.1) is 11.3 Å². The summed E-state index contributed by atoms with van der Waals surface area (Å²) in [6.07, 6.45) is 2.07. The van der Waals surface area contributed by atoms with Crippen molar-refractivity contribution in [2.45, 2.75) is 12.8 Å². The zero-order valence-electron chi connectivity index (χ0n) is 11.0. The number of carbonyl (C=O) groups excluding carboxylic acids is 1. The van der Waals surface area contributed by atoms with Gasteiger partial charge < -0.3 is 15.4 Å². The molecule has 1 aliphatic heterocycles. The van der Waals surface area contributed by atoms with Crippen molar-refractivity contribution < 1.29 is 9.53 Å². The number of methoxy groups -OCH3 is 1. The van der Waals surface area contributed by atoms with E-state index in [1.807, 2.05) is 11.4 Å². The standard InChI is InChI=1S/C13H19BrN2O2S/c1-18-9-13(3-5-15-6-4-13)8-16-12(17)11-10(14)2-7-19-11/h2,7,15H,3-6,8-9H2,1H3,(H,16,17). The molecule has 1 amide bonds. The fourth-order valence-corrected chi connectivity index (χ4v) is 3.91. The van der Waals surface area contributed by atoms with Gasteiger partial charge in [0, 0.05) is 23.5 Å². The predicted octanol–water partition coefficient (Wildman–Crippen LogP) is 2.26. The van der Waals surface area contributed by atoms with Crippen LogP contribution in [0.2, 0.25) is 0 Å². The van der Waals surface area contributed by atoms with E-state index in [1.54, 1.807) is 7.11 Å². The molecule has 0 aromatic carbocycles. The van der Waals surface area contributed by atoms with Gasteiger partial charge >= 0.3 is 0 Å². The Morgan fingerprint density at radius 3 is 2.89 bits per heavy atom. The summed E-state index contributed by atoms with van der Waals surface area (Å²) in [7, 11) is 1.72. The average Bonchev–Trinajstić information content (AvgIpc) is 2.84. The molecule has 6 heteroatoms. The monoisotopic (exact) mass is 346 g/mol. The maximum atomic E-state index is 12.1. The van der Waals surface area contributed by atoms with Gasteiger partial charge in [0.25, 0.3) is 5.91 Å². The molecule has 106 valence electrons. The van der Waals surface area contributed by atoms with Crippen LogP contribution in [-0.4, -0.2) is 39.3 Å². The van der Waals surface area contributed by atoms with E-state index in [0.717, 1.165) is 35.3 Å². The van der Waals surface area contributed by atoms with E-state index in [9.17, 15) is 4.79 Å². The van der Waals surface area contributed by atoms with E-state index in [1.165, 1.54) is 11.3 Å². The number of hydrogen-bond donors (Lipinski definition) is 2. The molecule has 1 aromatic heterocycles. The van der Waals surface area contributed by atoms with Crippen molar-refractivity contribution in [3.8, 4) is 0 Å². The van der Waals surface area contributed by atoms with Crippen LogP contribution in [0.3, 0.4) is 0 Å². The Balaban J connectivity index is 1.95. The fourth-order valence-electron chi connectivity index (χ4n) is 2.44. The molecule has 0 atom stereocenters. The van der Waals surface area contributed by atoms with Gasteiger partial charge in [-0.3, -0.25) is 4.79 Å². The molecule has 0 spiro atoms. The second-order valence-corrected chi connectivity index (χ2v) is 6.73. The van der Waals surface area contributed by atoms with Crippen LogP contribution >= 0.6 is 27.3 Å². The molecule has 2 rings (SSSR count). The number of ether oxygens (including phenoxy) is 1. The number of halogens is 1. The zero-order valence-corrected chi connectivity index (χ0v) is 13.4. The second-order valence-electron chi connectivity index (χ2n) is 4.96. The number of nitrogens with one attached hydrogen (secondary N) is 2. The van der Waals surface area contributed by atoms with Gasteiger partial charge in [0.2, 0.25) is 0 Å². The Hall–Kier alpha value is -0.430. The summed E-state index contributed by atoms with van der Waals surface area (Å²) in [6.45, 7) is 3.34. The van der Waals surface area contributed by atoms with Gasteiger partial charge in [0.15, 0.2) is 0 Å². The number of amides is 1. The largest absolute Gasteiger partial charge is 0.384 e. The minimum atomic E-state index is -0.00381. The van der Waals surface area contributed by atoms with Gasteiger partial charge in [-0.05, 0) is 53.3 Å². The highest BCUT2D eigenvalue weighted by atomic mass is 79.9. The number of piperidine rings is 1. The lowest BCUT2D eigenvalue weighted by molar-refractivity contribution is 0.0512. The summed E-state index contributed by atoms with van der Waals surface area (Å²) in [5, 5.41) is 8.31. The Morgan fingerprint density at radius 2 is 2.32 bits per heavy atom. The maximum Gasteiger partial charge on any atom is 0.262 e. The quantitative estimate of drug-likeness (QED) is 0.859. The van der Waals surface area contributed by atoms with Crippen LogP contribution in [-0.2, 0) is 4.74 Å². The molecule has 2 heterocycles. The summed E-state index contributed by atoms with van der Waals surface area (Å²) in [6, 6.07) is 1.90. The van der Waals surface area contributed by atoms with E-state index < -0.39 is 0 Å². The number of thiophene rings is 1. The molecule has 0 unspecified atom stereocenters. The molecule has 1 saturated heterocycles. The molecule has 2 N–H and O–H groups in total. The summed E-state index contributed by atoms with van der Waals surface area (Å²) in [5.74, 6) is -0.00381. The highest BCUT2D eigenvalue weighted by Crippen LogP contribution is 2.29. The molecule has 0 bridgehead atoms. The first-order valence-electron chi connectivity index (χ1n) is 6.38. The van der Waals surface area contributed by atoms with Crippen molar-refractivity contribution in [1.82, 2.24) is 10.6 Å². The normalized spacial score (nSPS) is 18.2. The van der Waals surface area contributed by atoms with E-state index >= 15 is 0 Å². The maximum absolute atomic E-state index is 12.1. The molecular weight excluding hydrogens is 328 g/mol. The molecule has 1 aliphatic rings. The van der Waals surface area contributed by atoms with Crippen molar-refractivity contribution in [2.24, 2.45) is 5.41 Å². The van der Waals surface area contributed by atoms with Crippen molar-refractivity contribution >= 4 is 33.2 Å². The van der Waals surface area contributed by atoms with Gasteiger partial charge in [-0.2, -0.15) is 0 Å². The molecule has 1 fully saturated rings. The first kappa shape index (κ1) is 15.0. The third kappa shape index (κ3) is 3.78. The van der Waals surface area contributed by atoms with Crippen LogP contribution in [0.15, 0.2) is 15.9 Å². The number of hydrogen-bond acceptors (Lipinski definition) is 4. The molecule has 4 nitrogen and oxygen atoms in total. The highest BCUT2D eigenvalue weighted by molar-refractivity contribution is 9.10. The van der Waals surface area contributed by atoms with E-state index in [4.69, 9.17) is 4.74 Å². The van der Waals surface area contributed by atoms with Crippen LogP contribution in [0, 0.1) is 5.41 Å². The Labute approximate surface area is 126 Å². The molecule has 1 aromatic rings. The topological polar surface area (TPSA) is 50.4 Å². The van der Waals surface area contributed by atoms with E-state index in [-0.39, 0.29) is 11.3 Å². The first-order valence-corrected chi connectivity index (χ1v) is 8.05. The third-order valence-electron chi connectivity index (χ3n) is 3.56.